The largest absolute Gasteiger partial charge is 0.322 e. The van der Waals surface area contributed by atoms with Gasteiger partial charge in [0.15, 0.2) is 5.82 Å². The van der Waals surface area contributed by atoms with E-state index in [2.05, 4.69) is 15.8 Å². The third-order valence-corrected chi connectivity index (χ3v) is 5.46. The molecule has 3 unspecified atom stereocenters. The quantitative estimate of drug-likeness (QED) is 0.748. The van der Waals surface area contributed by atoms with E-state index in [1.54, 1.807) is 6.07 Å². The molecule has 3 atom stereocenters. The van der Waals surface area contributed by atoms with Crippen LogP contribution in [0.15, 0.2) is 18.2 Å². The van der Waals surface area contributed by atoms with Gasteiger partial charge in [0.25, 0.3) is 0 Å². The Bertz CT molecular complexity index is 626. The molecule has 1 saturated carbocycles. The summed E-state index contributed by atoms with van der Waals surface area (Å²) in [6.07, 6.45) is 5.68. The molecule has 2 aromatic rings. The number of fused-ring (bicyclic) bond motifs is 1. The average Bonchev–Trinajstić information content (AvgIpc) is 3.01. The van der Waals surface area contributed by atoms with Crippen molar-refractivity contribution in [3.8, 4) is 0 Å². The Morgan fingerprint density at radius 3 is 2.95 bits per heavy atom. The predicted molar refractivity (Wildman–Crippen MR) is 84.2 cm³/mol. The molecule has 1 aromatic heterocycles. The number of alkyl halides is 1. The normalized spacial score (nSPS) is 24.4. The van der Waals surface area contributed by atoms with Crippen molar-refractivity contribution in [2.24, 2.45) is 0 Å². The second-order valence-corrected chi connectivity index (χ2v) is 7.07. The highest BCUT2D eigenvalue weighted by atomic mass is 35.5. The highest BCUT2D eigenvalue weighted by Crippen LogP contribution is 2.41. The maximum Gasteiger partial charge on any atom is 0.151 e. The summed E-state index contributed by atoms with van der Waals surface area (Å²) < 4.78 is 16.2. The van der Waals surface area contributed by atoms with Crippen LogP contribution in [0.3, 0.4) is 0 Å². The highest BCUT2D eigenvalue weighted by Gasteiger charge is 2.32. The van der Waals surface area contributed by atoms with Gasteiger partial charge in [-0.15, -0.1) is 11.6 Å². The molecule has 20 heavy (non-hydrogen) atoms. The molecule has 1 aliphatic carbocycles. The minimum atomic E-state index is -0.265. The topological polar surface area (TPSA) is 17.8 Å². The van der Waals surface area contributed by atoms with Crippen LogP contribution in [0.1, 0.15) is 43.4 Å². The minimum Gasteiger partial charge on any atom is -0.322 e. The van der Waals surface area contributed by atoms with Crippen molar-refractivity contribution in [1.82, 2.24) is 9.55 Å². The lowest BCUT2D eigenvalue weighted by Gasteiger charge is -2.23. The number of thioether (sulfide) groups is 1. The van der Waals surface area contributed by atoms with Crippen molar-refractivity contribution in [1.29, 1.82) is 0 Å². The molecule has 1 heterocycles. The number of nitrogens with zero attached hydrogens (tertiary/aromatic N) is 2. The number of benzene rings is 1. The summed E-state index contributed by atoms with van der Waals surface area (Å²) in [7, 11) is 0. The van der Waals surface area contributed by atoms with E-state index < -0.39 is 0 Å². The van der Waals surface area contributed by atoms with E-state index >= 15 is 0 Å². The fraction of sp³-hybridized carbons (Fsp3) is 0.533. The van der Waals surface area contributed by atoms with Gasteiger partial charge in [0, 0.05) is 11.3 Å². The zero-order chi connectivity index (χ0) is 14.3. The predicted octanol–water partition coefficient (Wildman–Crippen LogP) is 4.93. The first kappa shape index (κ1) is 14.2. The molecule has 0 aliphatic heterocycles. The van der Waals surface area contributed by atoms with Gasteiger partial charge in [-0.05, 0) is 38.2 Å². The molecule has 1 aromatic carbocycles. The second-order valence-electron chi connectivity index (χ2n) is 5.34. The minimum absolute atomic E-state index is 0.218. The molecule has 0 N–H and O–H groups in total. The molecular weight excluding hydrogens is 295 g/mol. The second kappa shape index (κ2) is 5.57. The summed E-state index contributed by atoms with van der Waals surface area (Å²) in [6.45, 7) is 1.90. The third kappa shape index (κ3) is 2.23. The van der Waals surface area contributed by atoms with Gasteiger partial charge < -0.3 is 4.57 Å². The van der Waals surface area contributed by atoms with E-state index in [0.29, 0.717) is 16.8 Å². The van der Waals surface area contributed by atoms with E-state index in [0.717, 1.165) is 17.8 Å². The maximum absolute atomic E-state index is 14.0. The fourth-order valence-electron chi connectivity index (χ4n) is 3.21. The molecule has 2 nitrogen and oxygen atoms in total. The van der Waals surface area contributed by atoms with Crippen molar-refractivity contribution >= 4 is 34.4 Å². The van der Waals surface area contributed by atoms with Crippen molar-refractivity contribution < 1.29 is 4.39 Å². The standard InChI is InChI=1S/C15H18ClFN2S/c1-9(16)15-18-14-10(17)5-3-7-12(14)19(15)11-6-4-8-13(11)20-2/h3,5,7,9,11,13H,4,6,8H2,1-2H3. The summed E-state index contributed by atoms with van der Waals surface area (Å²) in [5.74, 6) is 0.524. The van der Waals surface area contributed by atoms with E-state index in [1.165, 1.54) is 18.9 Å². The van der Waals surface area contributed by atoms with Gasteiger partial charge in [-0.25, -0.2) is 9.37 Å². The fourth-order valence-corrected chi connectivity index (χ4v) is 4.34. The Labute approximate surface area is 127 Å². The Balaban J connectivity index is 2.21. The monoisotopic (exact) mass is 312 g/mol. The van der Waals surface area contributed by atoms with Crippen LogP contribution < -0.4 is 0 Å². The SMILES string of the molecule is CSC1CCCC1n1c(C(C)Cl)nc2c(F)cccc21. The number of halogens is 2. The van der Waals surface area contributed by atoms with Crippen LogP contribution in [0.4, 0.5) is 4.39 Å². The molecule has 1 aliphatic rings. The van der Waals surface area contributed by atoms with Gasteiger partial charge in [0.1, 0.15) is 11.3 Å². The molecule has 0 amide bonds. The first-order valence-corrected chi connectivity index (χ1v) is 8.69. The molecule has 5 heteroatoms. The third-order valence-electron chi connectivity index (χ3n) is 4.11. The van der Waals surface area contributed by atoms with E-state index in [9.17, 15) is 4.39 Å². The number of hydrogen-bond donors (Lipinski definition) is 0. The van der Waals surface area contributed by atoms with Crippen molar-refractivity contribution in [2.75, 3.05) is 6.26 Å². The number of aromatic nitrogens is 2. The lowest BCUT2D eigenvalue weighted by Crippen LogP contribution is -2.18. The number of para-hydroxylation sites is 1. The lowest BCUT2D eigenvalue weighted by atomic mass is 10.2. The van der Waals surface area contributed by atoms with Crippen LogP contribution in [-0.4, -0.2) is 21.1 Å². The molecule has 3 rings (SSSR count). The summed E-state index contributed by atoms with van der Waals surface area (Å²) in [5, 5.41) is 0.342. The number of rotatable bonds is 3. The Morgan fingerprint density at radius 1 is 1.45 bits per heavy atom. The maximum atomic E-state index is 14.0. The van der Waals surface area contributed by atoms with Gasteiger partial charge in [0.2, 0.25) is 0 Å². The molecule has 0 bridgehead atoms. The number of hydrogen-bond acceptors (Lipinski definition) is 2. The van der Waals surface area contributed by atoms with Gasteiger partial charge in [-0.2, -0.15) is 11.8 Å². The number of imidazole rings is 1. The Morgan fingerprint density at radius 2 is 2.25 bits per heavy atom. The Hall–Kier alpha value is -0.740. The summed E-state index contributed by atoms with van der Waals surface area (Å²) in [6, 6.07) is 5.53. The zero-order valence-electron chi connectivity index (χ0n) is 11.6. The van der Waals surface area contributed by atoms with Gasteiger partial charge >= 0.3 is 0 Å². The summed E-state index contributed by atoms with van der Waals surface area (Å²) >= 11 is 8.18. The van der Waals surface area contributed by atoms with Crippen molar-refractivity contribution in [3.05, 3.63) is 29.8 Å². The lowest BCUT2D eigenvalue weighted by molar-refractivity contribution is 0.520. The van der Waals surface area contributed by atoms with Crippen LogP contribution in [0.25, 0.3) is 11.0 Å². The molecule has 108 valence electrons. The molecule has 0 spiro atoms. The Kier molecular flexibility index (Phi) is 3.95. The molecule has 0 radical (unpaired) electrons. The van der Waals surface area contributed by atoms with Crippen LogP contribution in [0.5, 0.6) is 0 Å². The highest BCUT2D eigenvalue weighted by molar-refractivity contribution is 7.99. The van der Waals surface area contributed by atoms with Gasteiger partial charge in [-0.1, -0.05) is 12.5 Å². The summed E-state index contributed by atoms with van der Waals surface area (Å²) in [5.41, 5.74) is 1.32. The van der Waals surface area contributed by atoms with Crippen LogP contribution >= 0.6 is 23.4 Å². The van der Waals surface area contributed by atoms with Crippen LogP contribution in [0, 0.1) is 5.82 Å². The van der Waals surface area contributed by atoms with E-state index in [-0.39, 0.29) is 11.2 Å². The first-order valence-electron chi connectivity index (χ1n) is 6.96. The zero-order valence-corrected chi connectivity index (χ0v) is 13.2. The molecular formula is C15H18ClFN2S. The van der Waals surface area contributed by atoms with Crippen LogP contribution in [0.2, 0.25) is 0 Å². The summed E-state index contributed by atoms with van der Waals surface area (Å²) in [4.78, 5) is 4.47. The first-order chi connectivity index (χ1) is 9.63. The van der Waals surface area contributed by atoms with Gasteiger partial charge in [0.05, 0.1) is 10.9 Å². The van der Waals surface area contributed by atoms with Crippen LogP contribution in [-0.2, 0) is 0 Å². The van der Waals surface area contributed by atoms with Crippen molar-refractivity contribution in [3.63, 3.8) is 0 Å². The van der Waals surface area contributed by atoms with E-state index in [1.807, 2.05) is 24.8 Å². The molecule has 1 fully saturated rings. The van der Waals surface area contributed by atoms with Gasteiger partial charge in [-0.3, -0.25) is 0 Å². The average molecular weight is 313 g/mol. The smallest absolute Gasteiger partial charge is 0.151 e. The van der Waals surface area contributed by atoms with Crippen molar-refractivity contribution in [2.45, 2.75) is 42.9 Å². The van der Waals surface area contributed by atoms with E-state index in [4.69, 9.17) is 11.6 Å². The molecule has 0 saturated heterocycles.